The van der Waals surface area contributed by atoms with Crippen LogP contribution in [0.15, 0.2) is 66.7 Å². The van der Waals surface area contributed by atoms with Gasteiger partial charge in [0.25, 0.3) is 0 Å². The van der Waals surface area contributed by atoms with E-state index < -0.39 is 5.97 Å². The second-order valence-corrected chi connectivity index (χ2v) is 7.07. The van der Waals surface area contributed by atoms with Crippen LogP contribution in [0, 0.1) is 0 Å². The minimum absolute atomic E-state index is 0.0562. The van der Waals surface area contributed by atoms with Crippen molar-refractivity contribution in [2.45, 2.75) is 50.4 Å². The van der Waals surface area contributed by atoms with Gasteiger partial charge >= 0.3 is 5.97 Å². The highest BCUT2D eigenvalue weighted by Gasteiger charge is 2.36. The zero-order valence-electron chi connectivity index (χ0n) is 14.7. The number of carboxylic acid groups (broad SMARTS) is 1. The lowest BCUT2D eigenvalue weighted by molar-refractivity contribution is -0.132. The molecular weight excluding hydrogens is 308 g/mol. The van der Waals surface area contributed by atoms with Gasteiger partial charge in [0.1, 0.15) is 0 Å². The Kier molecular flexibility index (Phi) is 5.37. The molecule has 0 spiro atoms. The maximum Gasteiger partial charge on any atom is 0.330 e. The van der Waals surface area contributed by atoms with E-state index in [-0.39, 0.29) is 11.0 Å². The predicted molar refractivity (Wildman–Crippen MR) is 102 cm³/mol. The average molecular weight is 334 g/mol. The van der Waals surface area contributed by atoms with Gasteiger partial charge in [0.05, 0.1) is 0 Å². The molecule has 2 aromatic rings. The van der Waals surface area contributed by atoms with Crippen molar-refractivity contribution in [3.63, 3.8) is 0 Å². The van der Waals surface area contributed by atoms with Crippen molar-refractivity contribution in [1.29, 1.82) is 0 Å². The Morgan fingerprint density at radius 3 is 2.28 bits per heavy atom. The summed E-state index contributed by atoms with van der Waals surface area (Å²) in [5.41, 5.74) is 4.36. The fraction of sp³-hybridized carbons (Fsp3) is 0.348. The highest BCUT2D eigenvalue weighted by Crippen LogP contribution is 2.46. The van der Waals surface area contributed by atoms with Gasteiger partial charge in [-0.05, 0) is 42.4 Å². The fourth-order valence-corrected chi connectivity index (χ4v) is 4.22. The van der Waals surface area contributed by atoms with Crippen LogP contribution in [0.25, 0.3) is 0 Å². The van der Waals surface area contributed by atoms with Crippen LogP contribution in [-0.2, 0) is 16.6 Å². The van der Waals surface area contributed by atoms with Crippen LogP contribution in [0.5, 0.6) is 0 Å². The second-order valence-electron chi connectivity index (χ2n) is 7.07. The topological polar surface area (TPSA) is 37.3 Å². The Morgan fingerprint density at radius 1 is 0.960 bits per heavy atom. The molecule has 1 N–H and O–H groups in total. The Labute approximate surface area is 150 Å². The quantitative estimate of drug-likeness (QED) is 0.707. The third-order valence-electron chi connectivity index (χ3n) is 5.56. The van der Waals surface area contributed by atoms with Crippen molar-refractivity contribution in [1.82, 2.24) is 0 Å². The molecule has 1 fully saturated rings. The van der Waals surface area contributed by atoms with E-state index in [1.807, 2.05) is 0 Å². The SMILES string of the molecule is C=C(CCc1ccccc1C1(c2ccccc2)CCCCC1)C(=O)O. The van der Waals surface area contributed by atoms with E-state index in [9.17, 15) is 4.79 Å². The first-order chi connectivity index (χ1) is 12.1. The molecule has 0 aromatic heterocycles. The van der Waals surface area contributed by atoms with Gasteiger partial charge < -0.3 is 5.11 Å². The first kappa shape index (κ1) is 17.5. The molecule has 2 aromatic carbocycles. The second kappa shape index (κ2) is 7.69. The summed E-state index contributed by atoms with van der Waals surface area (Å²) in [6.07, 6.45) is 7.33. The molecule has 25 heavy (non-hydrogen) atoms. The van der Waals surface area contributed by atoms with E-state index in [1.165, 1.54) is 36.0 Å². The lowest BCUT2D eigenvalue weighted by Crippen LogP contribution is -2.31. The van der Waals surface area contributed by atoms with Crippen molar-refractivity contribution in [3.05, 3.63) is 83.4 Å². The van der Waals surface area contributed by atoms with Gasteiger partial charge in [0.2, 0.25) is 0 Å². The molecule has 2 heteroatoms. The van der Waals surface area contributed by atoms with Crippen LogP contribution in [-0.4, -0.2) is 11.1 Å². The van der Waals surface area contributed by atoms with Gasteiger partial charge in [-0.1, -0.05) is 80.4 Å². The lowest BCUT2D eigenvalue weighted by atomic mass is 9.64. The molecule has 1 aliphatic carbocycles. The molecule has 130 valence electrons. The van der Waals surface area contributed by atoms with Gasteiger partial charge in [-0.15, -0.1) is 0 Å². The summed E-state index contributed by atoms with van der Waals surface area (Å²) in [6, 6.07) is 19.4. The molecule has 1 saturated carbocycles. The molecule has 0 saturated heterocycles. The third-order valence-corrected chi connectivity index (χ3v) is 5.56. The first-order valence-corrected chi connectivity index (χ1v) is 9.18. The molecule has 0 unspecified atom stereocenters. The molecule has 0 heterocycles. The van der Waals surface area contributed by atoms with Crippen LogP contribution in [0.4, 0.5) is 0 Å². The molecule has 0 amide bonds. The average Bonchev–Trinajstić information content (AvgIpc) is 2.67. The van der Waals surface area contributed by atoms with Crippen molar-refractivity contribution in [2.24, 2.45) is 0 Å². The highest BCUT2D eigenvalue weighted by atomic mass is 16.4. The lowest BCUT2D eigenvalue weighted by Gasteiger charge is -2.40. The van der Waals surface area contributed by atoms with Gasteiger partial charge in [0, 0.05) is 11.0 Å². The van der Waals surface area contributed by atoms with E-state index in [0.29, 0.717) is 6.42 Å². The third kappa shape index (κ3) is 3.68. The summed E-state index contributed by atoms with van der Waals surface area (Å²) in [4.78, 5) is 11.1. The molecule has 1 aliphatic rings. The number of aliphatic carboxylic acids is 1. The summed E-state index contributed by atoms with van der Waals surface area (Å²) in [5.74, 6) is -0.895. The van der Waals surface area contributed by atoms with E-state index in [0.717, 1.165) is 19.3 Å². The number of rotatable bonds is 6. The minimum Gasteiger partial charge on any atom is -0.478 e. The number of carbonyl (C=O) groups is 1. The summed E-state index contributed by atoms with van der Waals surface area (Å²) in [6.45, 7) is 3.69. The van der Waals surface area contributed by atoms with Gasteiger partial charge in [-0.3, -0.25) is 0 Å². The van der Waals surface area contributed by atoms with Crippen LogP contribution < -0.4 is 0 Å². The minimum atomic E-state index is -0.895. The number of carboxylic acids is 1. The number of hydrogen-bond acceptors (Lipinski definition) is 1. The van der Waals surface area contributed by atoms with Crippen LogP contribution in [0.3, 0.4) is 0 Å². The van der Waals surface area contributed by atoms with Crippen molar-refractivity contribution >= 4 is 5.97 Å². The zero-order chi connectivity index (χ0) is 17.7. The molecule has 0 atom stereocenters. The highest BCUT2D eigenvalue weighted by molar-refractivity contribution is 5.85. The summed E-state index contributed by atoms with van der Waals surface area (Å²) >= 11 is 0. The summed E-state index contributed by atoms with van der Waals surface area (Å²) in [5, 5.41) is 9.11. The standard InChI is InChI=1S/C23H26O2/c1-18(22(24)25)14-15-19-10-6-7-13-21(19)23(16-8-3-9-17-23)20-11-4-2-5-12-20/h2,4-7,10-13H,1,3,8-9,14-17H2,(H,24,25). The largest absolute Gasteiger partial charge is 0.478 e. The first-order valence-electron chi connectivity index (χ1n) is 9.18. The van der Waals surface area contributed by atoms with Gasteiger partial charge in [0.15, 0.2) is 0 Å². The van der Waals surface area contributed by atoms with Crippen molar-refractivity contribution < 1.29 is 9.90 Å². The number of hydrogen-bond donors (Lipinski definition) is 1. The Balaban J connectivity index is 1.99. The maximum absolute atomic E-state index is 11.1. The van der Waals surface area contributed by atoms with Crippen molar-refractivity contribution in [3.8, 4) is 0 Å². The molecule has 0 aliphatic heterocycles. The van der Waals surface area contributed by atoms with E-state index in [4.69, 9.17) is 5.11 Å². The van der Waals surface area contributed by atoms with Gasteiger partial charge in [-0.2, -0.15) is 0 Å². The summed E-state index contributed by atoms with van der Waals surface area (Å²) in [7, 11) is 0. The van der Waals surface area contributed by atoms with E-state index in [1.54, 1.807) is 0 Å². The van der Waals surface area contributed by atoms with Crippen LogP contribution in [0.2, 0.25) is 0 Å². The van der Waals surface area contributed by atoms with Crippen LogP contribution in [0.1, 0.15) is 55.2 Å². The number of aryl methyl sites for hydroxylation is 1. The molecule has 0 bridgehead atoms. The van der Waals surface area contributed by atoms with E-state index in [2.05, 4.69) is 61.2 Å². The smallest absolute Gasteiger partial charge is 0.330 e. The Morgan fingerprint density at radius 2 is 1.60 bits per heavy atom. The van der Waals surface area contributed by atoms with Crippen molar-refractivity contribution in [2.75, 3.05) is 0 Å². The molecule has 3 rings (SSSR count). The Hall–Kier alpha value is -2.35. The van der Waals surface area contributed by atoms with E-state index >= 15 is 0 Å². The maximum atomic E-state index is 11.1. The van der Waals surface area contributed by atoms with Gasteiger partial charge in [-0.25, -0.2) is 4.79 Å². The fourth-order valence-electron chi connectivity index (χ4n) is 4.22. The zero-order valence-corrected chi connectivity index (χ0v) is 14.7. The molecular formula is C23H26O2. The monoisotopic (exact) mass is 334 g/mol. The molecule has 0 radical (unpaired) electrons. The Bertz CT molecular complexity index is 740. The number of benzene rings is 2. The predicted octanol–water partition coefficient (Wildman–Crippen LogP) is 5.51. The molecule has 2 nitrogen and oxygen atoms in total. The van der Waals surface area contributed by atoms with Crippen LogP contribution >= 0.6 is 0 Å². The summed E-state index contributed by atoms with van der Waals surface area (Å²) < 4.78 is 0. The normalized spacial score (nSPS) is 16.3.